The SMILES string of the molecule is CN(C)c1ccc([C@H]2c3sc(=O)n(CC(=O)Nc4ccccc4C(F)(F)F)c3SC3C(=O)N(c4ccc([N+](=O)[O-])cc4)C(=O)C32)cc1. The van der Waals surface area contributed by atoms with Crippen molar-refractivity contribution in [3.8, 4) is 0 Å². The Hall–Kier alpha value is -4.96. The van der Waals surface area contributed by atoms with Gasteiger partial charge in [-0.15, -0.1) is 0 Å². The van der Waals surface area contributed by atoms with Crippen LogP contribution in [0.25, 0.3) is 0 Å². The predicted octanol–water partition coefficient (Wildman–Crippen LogP) is 5.34. The number of halogens is 3. The molecule has 47 heavy (non-hydrogen) atoms. The molecule has 242 valence electrons. The third kappa shape index (κ3) is 5.78. The molecular weight excluding hydrogens is 659 g/mol. The molecule has 6 rings (SSSR count). The molecule has 0 aliphatic carbocycles. The van der Waals surface area contributed by atoms with Crippen molar-refractivity contribution >= 4 is 63.6 Å². The summed E-state index contributed by atoms with van der Waals surface area (Å²) in [6, 6.07) is 16.7. The Morgan fingerprint density at radius 2 is 1.64 bits per heavy atom. The van der Waals surface area contributed by atoms with Gasteiger partial charge < -0.3 is 10.2 Å². The molecule has 2 aliphatic rings. The van der Waals surface area contributed by atoms with E-state index in [2.05, 4.69) is 5.32 Å². The highest BCUT2D eigenvalue weighted by atomic mass is 32.2. The number of benzene rings is 3. The molecule has 4 aromatic rings. The van der Waals surface area contributed by atoms with Crippen LogP contribution in [-0.2, 0) is 27.1 Å². The van der Waals surface area contributed by atoms with Crippen molar-refractivity contribution in [1.29, 1.82) is 0 Å². The Morgan fingerprint density at radius 1 is 0.979 bits per heavy atom. The number of nitro groups is 1. The minimum Gasteiger partial charge on any atom is -0.378 e. The zero-order chi connectivity index (χ0) is 33.8. The fourth-order valence-corrected chi connectivity index (χ4v) is 8.52. The molecule has 3 aromatic carbocycles. The Balaban J connectivity index is 1.40. The van der Waals surface area contributed by atoms with Gasteiger partial charge in [-0.05, 0) is 42.0 Å². The topological polar surface area (TPSA) is 135 Å². The molecule has 3 amide bonds. The van der Waals surface area contributed by atoms with Gasteiger partial charge in [0.1, 0.15) is 11.8 Å². The lowest BCUT2D eigenvalue weighted by molar-refractivity contribution is -0.384. The van der Waals surface area contributed by atoms with Gasteiger partial charge in [0.25, 0.3) is 5.69 Å². The first-order valence-corrected chi connectivity index (χ1v) is 15.7. The lowest BCUT2D eigenvalue weighted by Gasteiger charge is -2.31. The van der Waals surface area contributed by atoms with Crippen LogP contribution in [0.4, 0.5) is 35.9 Å². The Bertz CT molecular complexity index is 1970. The lowest BCUT2D eigenvalue weighted by Crippen LogP contribution is -2.33. The fourth-order valence-electron chi connectivity index (χ4n) is 5.74. The van der Waals surface area contributed by atoms with Gasteiger partial charge in [0, 0.05) is 42.7 Å². The molecule has 0 saturated carbocycles. The smallest absolute Gasteiger partial charge is 0.378 e. The number of nitrogens with one attached hydrogen (secondary N) is 1. The third-order valence-corrected chi connectivity index (χ3v) is 10.5. The van der Waals surface area contributed by atoms with Gasteiger partial charge in [0.15, 0.2) is 0 Å². The van der Waals surface area contributed by atoms with Crippen LogP contribution in [0.2, 0.25) is 0 Å². The van der Waals surface area contributed by atoms with Crippen molar-refractivity contribution < 1.29 is 32.5 Å². The summed E-state index contributed by atoms with van der Waals surface area (Å²) >= 11 is 1.74. The van der Waals surface area contributed by atoms with Gasteiger partial charge in [0.2, 0.25) is 17.7 Å². The maximum absolute atomic E-state index is 14.0. The summed E-state index contributed by atoms with van der Waals surface area (Å²) in [7, 11) is 3.71. The molecule has 0 radical (unpaired) electrons. The Kier molecular flexibility index (Phi) is 8.17. The number of anilines is 3. The summed E-state index contributed by atoms with van der Waals surface area (Å²) in [4.78, 5) is 67.7. The van der Waals surface area contributed by atoms with Crippen LogP contribution in [-0.4, -0.2) is 46.6 Å². The summed E-state index contributed by atoms with van der Waals surface area (Å²) in [6.07, 6.45) is -4.73. The van der Waals surface area contributed by atoms with Crippen molar-refractivity contribution in [2.75, 3.05) is 29.2 Å². The predicted molar refractivity (Wildman–Crippen MR) is 170 cm³/mol. The standard InChI is InChI=1S/C31H24F3N5O6S2/c1-36(2)17-9-7-16(8-10-17)23-24-25(28(42)38(27(24)41)18-11-13-19(14-12-18)39(44)45)46-29-26(23)47-30(43)37(29)15-22(40)35-21-6-4-3-5-20(21)31(32,33)34/h3-14,23-25H,15H2,1-2H3,(H,35,40)/t23-,24?,25?/m1/s1. The molecule has 1 fully saturated rings. The summed E-state index contributed by atoms with van der Waals surface area (Å²) in [6.45, 7) is -0.637. The number of hydrogen-bond donors (Lipinski definition) is 1. The lowest BCUT2D eigenvalue weighted by atomic mass is 9.83. The highest BCUT2D eigenvalue weighted by molar-refractivity contribution is 8.00. The summed E-state index contributed by atoms with van der Waals surface area (Å²) in [5.74, 6) is -3.78. The fraction of sp³-hybridized carbons (Fsp3) is 0.226. The van der Waals surface area contributed by atoms with E-state index in [0.29, 0.717) is 10.4 Å². The van der Waals surface area contributed by atoms with E-state index >= 15 is 0 Å². The molecule has 16 heteroatoms. The number of nitro benzene ring substituents is 1. The van der Waals surface area contributed by atoms with E-state index in [1.54, 1.807) is 12.1 Å². The number of imide groups is 1. The van der Waals surface area contributed by atoms with Crippen LogP contribution in [0, 0.1) is 16.0 Å². The number of thioether (sulfide) groups is 1. The van der Waals surface area contributed by atoms with Crippen LogP contribution in [0.3, 0.4) is 0 Å². The van der Waals surface area contributed by atoms with Gasteiger partial charge in [-0.1, -0.05) is 47.4 Å². The summed E-state index contributed by atoms with van der Waals surface area (Å²) < 4.78 is 41.7. The van der Waals surface area contributed by atoms with Crippen molar-refractivity contribution in [2.24, 2.45) is 5.92 Å². The second-order valence-corrected chi connectivity index (χ2v) is 13.2. The average Bonchev–Trinajstić information content (AvgIpc) is 3.47. The second kappa shape index (κ2) is 12.0. The molecule has 1 N–H and O–H groups in total. The first-order chi connectivity index (χ1) is 22.3. The molecule has 0 bridgehead atoms. The number of carbonyl (C=O) groups excluding carboxylic acids is 3. The number of nitrogens with zero attached hydrogens (tertiary/aromatic N) is 4. The van der Waals surface area contributed by atoms with E-state index in [-0.39, 0.29) is 16.4 Å². The molecule has 2 aliphatic heterocycles. The van der Waals surface area contributed by atoms with Crippen LogP contribution in [0.1, 0.15) is 21.9 Å². The number of alkyl halides is 3. The maximum Gasteiger partial charge on any atom is 0.418 e. The zero-order valence-electron chi connectivity index (χ0n) is 24.6. The van der Waals surface area contributed by atoms with E-state index in [9.17, 15) is 42.5 Å². The molecule has 2 unspecified atom stereocenters. The number of fused-ring (bicyclic) bond motifs is 2. The normalized spacial score (nSPS) is 18.9. The van der Waals surface area contributed by atoms with Gasteiger partial charge in [-0.2, -0.15) is 13.2 Å². The van der Waals surface area contributed by atoms with Crippen LogP contribution in [0.5, 0.6) is 0 Å². The maximum atomic E-state index is 14.0. The Labute approximate surface area is 272 Å². The molecule has 3 atom stereocenters. The zero-order valence-corrected chi connectivity index (χ0v) is 26.2. The monoisotopic (exact) mass is 683 g/mol. The third-order valence-electron chi connectivity index (χ3n) is 7.94. The van der Waals surface area contributed by atoms with E-state index in [4.69, 9.17) is 0 Å². The van der Waals surface area contributed by atoms with E-state index in [1.807, 2.05) is 31.1 Å². The van der Waals surface area contributed by atoms with Gasteiger partial charge >= 0.3 is 11.0 Å². The molecular formula is C31H24F3N5O6S2. The average molecular weight is 684 g/mol. The van der Waals surface area contributed by atoms with Gasteiger partial charge in [-0.3, -0.25) is 33.9 Å². The number of aromatic nitrogens is 1. The van der Waals surface area contributed by atoms with Crippen LogP contribution < -0.4 is 20.0 Å². The van der Waals surface area contributed by atoms with Crippen molar-refractivity contribution in [2.45, 2.75) is 28.9 Å². The first-order valence-electron chi connectivity index (χ1n) is 14.0. The van der Waals surface area contributed by atoms with Crippen molar-refractivity contribution in [1.82, 2.24) is 4.57 Å². The first kappa shape index (κ1) is 32.0. The summed E-state index contributed by atoms with van der Waals surface area (Å²) in [5, 5.41) is 12.7. The number of para-hydroxylation sites is 1. The largest absolute Gasteiger partial charge is 0.418 e. The number of hydrogen-bond acceptors (Lipinski definition) is 9. The number of amides is 3. The van der Waals surface area contributed by atoms with E-state index in [0.717, 1.165) is 50.4 Å². The van der Waals surface area contributed by atoms with E-state index in [1.165, 1.54) is 36.4 Å². The molecule has 0 spiro atoms. The number of thiazole rings is 1. The minimum absolute atomic E-state index is 0.144. The minimum atomic E-state index is -4.73. The van der Waals surface area contributed by atoms with E-state index < -0.39 is 68.6 Å². The Morgan fingerprint density at radius 3 is 2.26 bits per heavy atom. The quantitative estimate of drug-likeness (QED) is 0.157. The van der Waals surface area contributed by atoms with Crippen LogP contribution in [0.15, 0.2) is 82.6 Å². The highest BCUT2D eigenvalue weighted by Crippen LogP contribution is 2.54. The number of non-ortho nitro benzene ring substituents is 1. The van der Waals surface area contributed by atoms with Gasteiger partial charge in [-0.25, -0.2) is 4.90 Å². The molecule has 1 aromatic heterocycles. The van der Waals surface area contributed by atoms with Crippen molar-refractivity contribution in [3.63, 3.8) is 0 Å². The second-order valence-electron chi connectivity index (χ2n) is 11.0. The molecule has 3 heterocycles. The summed E-state index contributed by atoms with van der Waals surface area (Å²) in [5.41, 5.74) is -0.0991. The van der Waals surface area contributed by atoms with Crippen LogP contribution >= 0.6 is 23.1 Å². The molecule has 11 nitrogen and oxygen atoms in total. The van der Waals surface area contributed by atoms with Gasteiger partial charge in [0.05, 0.1) is 32.8 Å². The molecule has 1 saturated heterocycles. The highest BCUT2D eigenvalue weighted by Gasteiger charge is 2.57. The van der Waals surface area contributed by atoms with Crippen molar-refractivity contribution in [3.05, 3.63) is 109 Å². The number of rotatable bonds is 7. The number of carbonyl (C=O) groups is 3.